The summed E-state index contributed by atoms with van der Waals surface area (Å²) < 4.78 is 14.9. The summed E-state index contributed by atoms with van der Waals surface area (Å²) in [6.07, 6.45) is 4.43. The first kappa shape index (κ1) is 22.6. The molecule has 0 saturated carbocycles. The van der Waals surface area contributed by atoms with Crippen LogP contribution >= 0.6 is 19.4 Å². The van der Waals surface area contributed by atoms with Gasteiger partial charge in [-0.3, -0.25) is 14.5 Å². The molecule has 0 spiro atoms. The van der Waals surface area contributed by atoms with Crippen LogP contribution in [0.5, 0.6) is 0 Å². The quantitative estimate of drug-likeness (QED) is 0.516. The summed E-state index contributed by atoms with van der Waals surface area (Å²) in [5, 5.41) is 8.35. The Morgan fingerprint density at radius 1 is 1.28 bits per heavy atom. The molecule has 2 N–H and O–H groups in total. The van der Waals surface area contributed by atoms with Gasteiger partial charge < -0.3 is 19.2 Å². The van der Waals surface area contributed by atoms with Gasteiger partial charge in [0.05, 0.1) is 5.69 Å². The molecule has 168 valence electrons. The van der Waals surface area contributed by atoms with Crippen molar-refractivity contribution in [2.24, 2.45) is 0 Å². The summed E-state index contributed by atoms with van der Waals surface area (Å²) in [4.78, 5) is 41.5. The number of hydrogen-bond acceptors (Lipinski definition) is 7. The number of piperidine rings is 1. The highest BCUT2D eigenvalue weighted by Crippen LogP contribution is 2.39. The third-order valence-corrected chi connectivity index (χ3v) is 6.06. The minimum atomic E-state index is -4.93. The van der Waals surface area contributed by atoms with Gasteiger partial charge in [0.1, 0.15) is 18.6 Å². The fraction of sp³-hybridized carbons (Fsp3) is 0.300. The Labute approximate surface area is 188 Å². The van der Waals surface area contributed by atoms with Gasteiger partial charge in [0.15, 0.2) is 0 Å². The molecule has 1 amide bonds. The van der Waals surface area contributed by atoms with E-state index in [1.54, 1.807) is 18.3 Å². The predicted molar refractivity (Wildman–Crippen MR) is 114 cm³/mol. The molecule has 0 bridgehead atoms. The number of hydrogen-bond donors (Lipinski definition) is 2. The van der Waals surface area contributed by atoms with Crippen molar-refractivity contribution in [3.63, 3.8) is 0 Å². The second-order valence-corrected chi connectivity index (χ2v) is 8.99. The Kier molecular flexibility index (Phi) is 6.68. The van der Waals surface area contributed by atoms with Crippen LogP contribution in [0.25, 0.3) is 22.5 Å². The summed E-state index contributed by atoms with van der Waals surface area (Å²) in [6.45, 7) is 0.124. The maximum atomic E-state index is 12.2. The van der Waals surface area contributed by atoms with Crippen LogP contribution in [0.3, 0.4) is 0 Å². The molecule has 1 saturated heterocycles. The lowest BCUT2D eigenvalue weighted by Gasteiger charge is -2.32. The van der Waals surface area contributed by atoms with Crippen LogP contribution < -0.4 is 4.89 Å². The number of amides is 1. The van der Waals surface area contributed by atoms with Gasteiger partial charge in [-0.25, -0.2) is 9.97 Å². The molecule has 0 aliphatic carbocycles. The molecule has 2 aromatic heterocycles. The minimum Gasteiger partial charge on any atom is -0.756 e. The van der Waals surface area contributed by atoms with Crippen LogP contribution in [0.15, 0.2) is 42.9 Å². The van der Waals surface area contributed by atoms with Crippen LogP contribution in [-0.2, 0) is 13.9 Å². The highest BCUT2D eigenvalue weighted by atomic mass is 35.5. The van der Waals surface area contributed by atoms with Gasteiger partial charge in [0.2, 0.25) is 5.91 Å². The molecule has 1 aromatic carbocycles. The Morgan fingerprint density at radius 2 is 2.00 bits per heavy atom. The molecule has 3 aromatic rings. The van der Waals surface area contributed by atoms with E-state index in [-0.39, 0.29) is 5.92 Å². The van der Waals surface area contributed by atoms with Crippen molar-refractivity contribution < 1.29 is 23.7 Å². The van der Waals surface area contributed by atoms with E-state index < -0.39 is 20.3 Å². The van der Waals surface area contributed by atoms with E-state index in [0.717, 1.165) is 28.2 Å². The molecule has 0 radical (unpaired) electrons. The molecule has 10 nitrogen and oxygen atoms in total. The number of rotatable bonds is 6. The fourth-order valence-electron chi connectivity index (χ4n) is 3.81. The Hall–Kier alpha value is -2.62. The predicted octanol–water partition coefficient (Wildman–Crippen LogP) is 2.37. The summed E-state index contributed by atoms with van der Waals surface area (Å²) in [5.74, 6) is -0.405. The van der Waals surface area contributed by atoms with Gasteiger partial charge in [-0.1, -0.05) is 23.7 Å². The minimum absolute atomic E-state index is 0.0851. The first-order chi connectivity index (χ1) is 15.3. The summed E-state index contributed by atoms with van der Waals surface area (Å²) in [6, 6.07) is 9.21. The van der Waals surface area contributed by atoms with E-state index in [1.165, 1.54) is 11.2 Å². The molecule has 1 atom stereocenters. The van der Waals surface area contributed by atoms with E-state index in [1.807, 2.05) is 18.2 Å². The lowest BCUT2D eigenvalue weighted by atomic mass is 9.89. The summed E-state index contributed by atoms with van der Waals surface area (Å²) >= 11 is 6.03. The van der Waals surface area contributed by atoms with E-state index in [9.17, 15) is 14.3 Å². The van der Waals surface area contributed by atoms with Crippen molar-refractivity contribution in [2.45, 2.75) is 18.8 Å². The van der Waals surface area contributed by atoms with E-state index in [0.29, 0.717) is 31.0 Å². The number of phosphoric ester groups is 1. The molecular weight excluding hydrogens is 457 g/mol. The molecule has 1 fully saturated rings. The highest BCUT2D eigenvalue weighted by molar-refractivity contribution is 7.44. The van der Waals surface area contributed by atoms with Crippen molar-refractivity contribution in [3.05, 3.63) is 53.6 Å². The van der Waals surface area contributed by atoms with Crippen molar-refractivity contribution in [2.75, 3.05) is 19.7 Å². The zero-order chi connectivity index (χ0) is 22.7. The van der Waals surface area contributed by atoms with E-state index >= 15 is 0 Å². The van der Waals surface area contributed by atoms with Gasteiger partial charge in [-0.2, -0.15) is 5.10 Å². The number of carbonyl (C=O) groups is 1. The van der Waals surface area contributed by atoms with Crippen molar-refractivity contribution in [1.82, 2.24) is 25.1 Å². The molecule has 32 heavy (non-hydrogen) atoms. The van der Waals surface area contributed by atoms with Crippen LogP contribution in [0.4, 0.5) is 0 Å². The number of aromatic amines is 1. The average molecular weight is 477 g/mol. The molecule has 4 rings (SSSR count). The molecular formula is C20H20ClN5O5P-. The first-order valence-corrected chi connectivity index (χ1v) is 11.8. The number of H-pyrrole nitrogens is 1. The average Bonchev–Trinajstić information content (AvgIpc) is 3.23. The number of aromatic nitrogens is 4. The molecule has 1 unspecified atom stereocenters. The zero-order valence-corrected chi connectivity index (χ0v) is 18.5. The second-order valence-electron chi connectivity index (χ2n) is 7.36. The second kappa shape index (κ2) is 9.48. The summed E-state index contributed by atoms with van der Waals surface area (Å²) in [7, 11) is -4.93. The van der Waals surface area contributed by atoms with E-state index in [4.69, 9.17) is 16.5 Å². The summed E-state index contributed by atoms with van der Waals surface area (Å²) in [5.41, 5.74) is 4.15. The smallest absolute Gasteiger partial charge is 0.265 e. The maximum Gasteiger partial charge on any atom is 0.265 e. The number of likely N-dealkylation sites (tertiary alicyclic amines) is 1. The lowest BCUT2D eigenvalue weighted by molar-refractivity contribution is -0.220. The van der Waals surface area contributed by atoms with Crippen LogP contribution in [-0.4, -0.2) is 55.6 Å². The number of nitrogens with one attached hydrogen (secondary N) is 1. The largest absolute Gasteiger partial charge is 0.756 e. The lowest BCUT2D eigenvalue weighted by Crippen LogP contribution is -2.40. The highest BCUT2D eigenvalue weighted by Gasteiger charge is 2.29. The van der Waals surface area contributed by atoms with Gasteiger partial charge in [0.25, 0.3) is 7.82 Å². The van der Waals surface area contributed by atoms with Gasteiger partial charge >= 0.3 is 0 Å². The Balaban J connectivity index is 1.56. The maximum absolute atomic E-state index is 12.2. The van der Waals surface area contributed by atoms with Crippen molar-refractivity contribution >= 4 is 25.3 Å². The number of nitrogens with zero attached hydrogens (tertiary/aromatic N) is 4. The third-order valence-electron chi connectivity index (χ3n) is 5.36. The molecule has 1 aliphatic heterocycles. The molecule has 12 heteroatoms. The molecule has 3 heterocycles. The zero-order valence-electron chi connectivity index (χ0n) is 16.8. The Bertz CT molecular complexity index is 1130. The van der Waals surface area contributed by atoms with E-state index in [2.05, 4.69) is 24.7 Å². The first-order valence-electron chi connectivity index (χ1n) is 9.88. The third kappa shape index (κ3) is 5.23. The normalized spacial score (nSPS) is 16.7. The SMILES string of the molecule is O=C(COP(=O)([O-])O)N1CCC(c2[nH]nc(-c3ccc(Cl)cc3)c2-c2ccncn2)CC1. The van der Waals surface area contributed by atoms with Gasteiger partial charge in [-0.15, -0.1) is 0 Å². The van der Waals surface area contributed by atoms with Crippen LogP contribution in [0, 0.1) is 0 Å². The topological polar surface area (TPSA) is 144 Å². The fourth-order valence-corrected chi connectivity index (χ4v) is 4.21. The number of carbonyl (C=O) groups excluding carboxylic acids is 1. The monoisotopic (exact) mass is 476 g/mol. The number of benzene rings is 1. The van der Waals surface area contributed by atoms with Gasteiger partial charge in [0, 0.05) is 47.0 Å². The van der Waals surface area contributed by atoms with Crippen molar-refractivity contribution in [1.29, 1.82) is 0 Å². The molecule has 1 aliphatic rings. The van der Waals surface area contributed by atoms with Crippen molar-refractivity contribution in [3.8, 4) is 22.5 Å². The Morgan fingerprint density at radius 3 is 2.62 bits per heavy atom. The van der Waals surface area contributed by atoms with Crippen LogP contribution in [0.2, 0.25) is 5.02 Å². The van der Waals surface area contributed by atoms with Gasteiger partial charge in [-0.05, 0) is 31.0 Å². The number of halogens is 1. The standard InChI is InChI=1S/C20H21ClN5O5P/c21-15-3-1-13(2-4-15)19-18(16-5-8-22-12-23-16)20(25-24-19)14-6-9-26(10-7-14)17(27)11-31-32(28,29)30/h1-5,8,12,14H,6-7,9-11H2,(H,24,25)(H2,28,29,30)/p-1. The van der Waals surface area contributed by atoms with Crippen LogP contribution in [0.1, 0.15) is 24.5 Å². The number of phosphoric acid groups is 1.